The summed E-state index contributed by atoms with van der Waals surface area (Å²) in [5, 5.41) is 2.35. The van der Waals surface area contributed by atoms with Gasteiger partial charge >= 0.3 is 6.03 Å². The first kappa shape index (κ1) is 23.5. The number of aryl methyl sites for hydroxylation is 1. The van der Waals surface area contributed by atoms with E-state index in [2.05, 4.69) is 5.32 Å². The van der Waals surface area contributed by atoms with Gasteiger partial charge in [-0.3, -0.25) is 15.0 Å². The van der Waals surface area contributed by atoms with Crippen LogP contribution in [0.4, 0.5) is 4.79 Å². The number of amides is 4. The molecule has 0 fully saturated rings. The van der Waals surface area contributed by atoms with E-state index in [0.717, 1.165) is 5.56 Å². The normalized spacial score (nSPS) is 10.5. The first-order valence-electron chi connectivity index (χ1n) is 8.85. The van der Waals surface area contributed by atoms with Crippen molar-refractivity contribution in [2.24, 2.45) is 0 Å². The van der Waals surface area contributed by atoms with Crippen molar-refractivity contribution in [1.82, 2.24) is 20.9 Å². The molecule has 0 bridgehead atoms. The predicted molar refractivity (Wildman–Crippen MR) is 110 cm³/mol. The van der Waals surface area contributed by atoms with Crippen molar-refractivity contribution in [2.75, 3.05) is 20.8 Å². The molecule has 31 heavy (non-hydrogen) atoms. The molecule has 4 N–H and O–H groups in total. The van der Waals surface area contributed by atoms with Crippen LogP contribution in [-0.4, -0.2) is 47.0 Å². The van der Waals surface area contributed by atoms with Crippen molar-refractivity contribution < 1.29 is 32.3 Å². The molecule has 0 atom stereocenters. The zero-order valence-electron chi connectivity index (χ0n) is 17.0. The lowest BCUT2D eigenvalue weighted by atomic mass is 10.2. The van der Waals surface area contributed by atoms with Gasteiger partial charge in [0.1, 0.15) is 0 Å². The van der Waals surface area contributed by atoms with E-state index in [0.29, 0.717) is 11.5 Å². The molecule has 0 spiro atoms. The number of urea groups is 1. The average molecular weight is 450 g/mol. The van der Waals surface area contributed by atoms with Crippen LogP contribution >= 0.6 is 0 Å². The molecule has 0 unspecified atom stereocenters. The number of benzene rings is 2. The van der Waals surface area contributed by atoms with E-state index in [4.69, 9.17) is 9.47 Å². The van der Waals surface area contributed by atoms with E-state index >= 15 is 0 Å². The Labute approximate surface area is 179 Å². The molecule has 0 saturated heterocycles. The molecule has 0 aliphatic rings. The van der Waals surface area contributed by atoms with Crippen LogP contribution in [0, 0.1) is 6.92 Å². The van der Waals surface area contributed by atoms with Gasteiger partial charge in [0.2, 0.25) is 0 Å². The highest BCUT2D eigenvalue weighted by atomic mass is 32.2. The minimum absolute atomic E-state index is 0.109. The van der Waals surface area contributed by atoms with Gasteiger partial charge in [-0.2, -0.15) is 0 Å². The minimum Gasteiger partial charge on any atom is -0.493 e. The van der Waals surface area contributed by atoms with E-state index in [1.165, 1.54) is 44.6 Å². The van der Waals surface area contributed by atoms with E-state index in [9.17, 15) is 22.8 Å². The second-order valence-electron chi connectivity index (χ2n) is 6.17. The lowest BCUT2D eigenvalue weighted by Gasteiger charge is -2.11. The monoisotopic (exact) mass is 450 g/mol. The standard InChI is InChI=1S/C19H22N4O7S/c1-12-4-7-14(8-5-12)31(27,28)23-19(26)22-21-17(24)11-20-18(25)13-6-9-15(29-2)16(10-13)30-3/h4-10H,11H2,1-3H3,(H,20,25)(H,21,24)(H2,22,23,26). The smallest absolute Gasteiger partial charge is 0.347 e. The SMILES string of the molecule is COc1ccc(C(=O)NCC(=O)NNC(=O)NS(=O)(=O)c2ccc(C)cc2)cc1OC. The molecular weight excluding hydrogens is 428 g/mol. The van der Waals surface area contributed by atoms with Gasteiger partial charge in [0.25, 0.3) is 21.8 Å². The van der Waals surface area contributed by atoms with Crippen molar-refractivity contribution in [2.45, 2.75) is 11.8 Å². The van der Waals surface area contributed by atoms with Gasteiger partial charge in [-0.1, -0.05) is 17.7 Å². The summed E-state index contributed by atoms with van der Waals surface area (Å²) in [5.41, 5.74) is 4.96. The number of methoxy groups -OCH3 is 2. The molecule has 2 aromatic carbocycles. The third-order valence-corrected chi connectivity index (χ3v) is 5.28. The topological polar surface area (TPSA) is 152 Å². The third-order valence-electron chi connectivity index (χ3n) is 3.93. The number of nitrogens with one attached hydrogen (secondary N) is 4. The minimum atomic E-state index is -4.10. The summed E-state index contributed by atoms with van der Waals surface area (Å²) in [6.45, 7) is 1.31. The summed E-state index contributed by atoms with van der Waals surface area (Å²) in [6, 6.07) is 9.13. The molecular formula is C19H22N4O7S. The van der Waals surface area contributed by atoms with Crippen LogP contribution in [0.2, 0.25) is 0 Å². The number of hydrazine groups is 1. The molecule has 11 nitrogen and oxygen atoms in total. The Morgan fingerprint density at radius 2 is 1.55 bits per heavy atom. The number of rotatable bonds is 7. The van der Waals surface area contributed by atoms with E-state index < -0.39 is 34.4 Å². The third kappa shape index (κ3) is 6.60. The van der Waals surface area contributed by atoms with Gasteiger partial charge in [-0.15, -0.1) is 0 Å². The maximum Gasteiger partial charge on any atom is 0.347 e. The fraction of sp³-hybridized carbons (Fsp3) is 0.211. The van der Waals surface area contributed by atoms with Gasteiger partial charge < -0.3 is 14.8 Å². The van der Waals surface area contributed by atoms with Crippen LogP contribution in [-0.2, 0) is 14.8 Å². The largest absolute Gasteiger partial charge is 0.493 e. The van der Waals surface area contributed by atoms with Crippen LogP contribution in [0.25, 0.3) is 0 Å². The number of carbonyl (C=O) groups is 3. The summed E-state index contributed by atoms with van der Waals surface area (Å²) in [5.74, 6) is -0.570. The Morgan fingerprint density at radius 1 is 0.903 bits per heavy atom. The van der Waals surface area contributed by atoms with Crippen molar-refractivity contribution >= 4 is 27.9 Å². The van der Waals surface area contributed by atoms with Crippen LogP contribution in [0.15, 0.2) is 47.4 Å². The Balaban J connectivity index is 1.83. The van der Waals surface area contributed by atoms with Crippen LogP contribution in [0.5, 0.6) is 11.5 Å². The molecule has 0 heterocycles. The molecule has 2 aromatic rings. The summed E-state index contributed by atoms with van der Waals surface area (Å²) in [7, 11) is -1.23. The molecule has 4 amide bonds. The van der Waals surface area contributed by atoms with Gasteiger partial charge in [0.15, 0.2) is 11.5 Å². The van der Waals surface area contributed by atoms with Gasteiger partial charge in [0.05, 0.1) is 25.7 Å². The second-order valence-corrected chi connectivity index (χ2v) is 7.86. The van der Waals surface area contributed by atoms with Crippen molar-refractivity contribution in [1.29, 1.82) is 0 Å². The Hall–Kier alpha value is -3.80. The van der Waals surface area contributed by atoms with E-state index in [-0.39, 0.29) is 10.5 Å². The molecule has 0 aromatic heterocycles. The number of hydrogen-bond donors (Lipinski definition) is 4. The van der Waals surface area contributed by atoms with Crippen LogP contribution in [0.3, 0.4) is 0 Å². The highest BCUT2D eigenvalue weighted by molar-refractivity contribution is 7.90. The van der Waals surface area contributed by atoms with Gasteiger partial charge in [-0.25, -0.2) is 23.4 Å². The molecule has 0 saturated carbocycles. The van der Waals surface area contributed by atoms with E-state index in [1.54, 1.807) is 23.8 Å². The van der Waals surface area contributed by atoms with E-state index in [1.807, 2.05) is 10.9 Å². The van der Waals surface area contributed by atoms with Crippen molar-refractivity contribution in [3.8, 4) is 11.5 Å². The number of carbonyl (C=O) groups excluding carboxylic acids is 3. The van der Waals surface area contributed by atoms with Gasteiger partial charge in [0, 0.05) is 5.56 Å². The average Bonchev–Trinajstić information content (AvgIpc) is 2.75. The lowest BCUT2D eigenvalue weighted by Crippen LogP contribution is -2.51. The quantitative estimate of drug-likeness (QED) is 0.447. The van der Waals surface area contributed by atoms with Crippen molar-refractivity contribution in [3.05, 3.63) is 53.6 Å². The number of hydrogen-bond acceptors (Lipinski definition) is 7. The Morgan fingerprint density at radius 3 is 2.16 bits per heavy atom. The second kappa shape index (κ2) is 10.3. The number of sulfonamides is 1. The summed E-state index contributed by atoms with van der Waals surface area (Å²) >= 11 is 0. The molecule has 2 rings (SSSR count). The zero-order valence-corrected chi connectivity index (χ0v) is 17.8. The first-order chi connectivity index (χ1) is 14.7. The summed E-state index contributed by atoms with van der Waals surface area (Å²) in [4.78, 5) is 35.6. The lowest BCUT2D eigenvalue weighted by molar-refractivity contribution is -0.120. The first-order valence-corrected chi connectivity index (χ1v) is 10.3. The zero-order chi connectivity index (χ0) is 23.0. The molecule has 0 aliphatic carbocycles. The maximum absolute atomic E-state index is 12.2. The van der Waals surface area contributed by atoms with Gasteiger partial charge in [-0.05, 0) is 37.3 Å². The number of ether oxygens (including phenoxy) is 2. The Bertz CT molecular complexity index is 1070. The summed E-state index contributed by atoms with van der Waals surface area (Å²) < 4.78 is 36.2. The fourth-order valence-corrected chi connectivity index (χ4v) is 3.24. The van der Waals surface area contributed by atoms with Crippen LogP contribution < -0.4 is 30.4 Å². The molecule has 166 valence electrons. The maximum atomic E-state index is 12.2. The fourth-order valence-electron chi connectivity index (χ4n) is 2.33. The van der Waals surface area contributed by atoms with Crippen LogP contribution in [0.1, 0.15) is 15.9 Å². The predicted octanol–water partition coefficient (Wildman–Crippen LogP) is 0.461. The molecule has 0 aliphatic heterocycles. The Kier molecular flexibility index (Phi) is 7.80. The molecule has 0 radical (unpaired) electrons. The highest BCUT2D eigenvalue weighted by Gasteiger charge is 2.18. The van der Waals surface area contributed by atoms with Crippen molar-refractivity contribution in [3.63, 3.8) is 0 Å². The molecule has 12 heteroatoms. The highest BCUT2D eigenvalue weighted by Crippen LogP contribution is 2.27. The summed E-state index contributed by atoms with van der Waals surface area (Å²) in [6.07, 6.45) is 0.